The number of nitrogens with zero attached hydrogens (tertiary/aromatic N) is 1. The van der Waals surface area contributed by atoms with Crippen molar-refractivity contribution < 1.29 is 24.2 Å². The minimum Gasteiger partial charge on any atom is -0.477 e. The summed E-state index contributed by atoms with van der Waals surface area (Å²) >= 11 is 5.83. The lowest BCUT2D eigenvalue weighted by Gasteiger charge is -2.02. The normalized spacial score (nSPS) is 10.4. The molecule has 0 radical (unpaired) electrons. The molecule has 0 saturated carbocycles. The zero-order valence-electron chi connectivity index (χ0n) is 9.68. The average Bonchev–Trinajstić information content (AvgIpc) is 2.66. The predicted octanol–water partition coefficient (Wildman–Crippen LogP) is 2.26. The van der Waals surface area contributed by atoms with Crippen molar-refractivity contribution in [3.63, 3.8) is 0 Å². The number of halogens is 1. The second-order valence-electron chi connectivity index (χ2n) is 3.71. The molecule has 1 aromatic heterocycles. The Morgan fingerprint density at radius 2 is 1.89 bits per heavy atom. The van der Waals surface area contributed by atoms with Crippen molar-refractivity contribution in [1.82, 2.24) is 4.98 Å². The molecule has 0 spiro atoms. The average molecular weight is 282 g/mol. The van der Waals surface area contributed by atoms with E-state index >= 15 is 0 Å². The van der Waals surface area contributed by atoms with E-state index in [4.69, 9.17) is 26.2 Å². The van der Waals surface area contributed by atoms with Crippen LogP contribution in [-0.4, -0.2) is 27.1 Å². The summed E-state index contributed by atoms with van der Waals surface area (Å²) in [5.41, 5.74) is 0.337. The molecule has 1 heterocycles. The highest BCUT2D eigenvalue weighted by molar-refractivity contribution is 6.53. The molecule has 0 aliphatic heterocycles. The first kappa shape index (κ1) is 13.1. The maximum atomic E-state index is 10.9. The number of hydrogen-bond donors (Lipinski definition) is 2. The number of aromatic nitrogens is 1. The van der Waals surface area contributed by atoms with E-state index in [1.165, 1.54) is 12.1 Å². The summed E-state index contributed by atoms with van der Waals surface area (Å²) in [7, 11) is 0. The van der Waals surface area contributed by atoms with Crippen molar-refractivity contribution in [2.75, 3.05) is 0 Å². The number of fused-ring (bicyclic) bond motifs is 1. The third-order valence-corrected chi connectivity index (χ3v) is 2.80. The molecule has 2 aromatic rings. The maximum Gasteiger partial charge on any atom is 0.344 e. The molecule has 0 bridgehead atoms. The largest absolute Gasteiger partial charge is 0.477 e. The van der Waals surface area contributed by atoms with Crippen LogP contribution in [0.15, 0.2) is 28.2 Å². The summed E-state index contributed by atoms with van der Waals surface area (Å²) in [5.74, 6) is -2.76. The zero-order chi connectivity index (χ0) is 14.2. The van der Waals surface area contributed by atoms with Crippen molar-refractivity contribution in [2.24, 2.45) is 0 Å². The summed E-state index contributed by atoms with van der Waals surface area (Å²) < 4.78 is 5.27. The van der Waals surface area contributed by atoms with Gasteiger partial charge in [0.2, 0.25) is 0 Å². The van der Waals surface area contributed by atoms with Gasteiger partial charge in [0.05, 0.1) is 5.03 Å². The number of aliphatic carboxylic acids is 2. The van der Waals surface area contributed by atoms with E-state index in [2.05, 4.69) is 4.98 Å². The molecule has 2 rings (SSSR count). The Morgan fingerprint density at radius 3 is 2.47 bits per heavy atom. The molecule has 0 saturated heterocycles. The molecule has 2 N–H and O–H groups in total. The fraction of sp³-hybridized carbons (Fsp3) is 0.0833. The number of carbonyl (C=O) groups is 2. The van der Waals surface area contributed by atoms with Gasteiger partial charge in [-0.1, -0.05) is 17.7 Å². The SMILES string of the molecule is Cc1nc2ccc(C(Cl)=C(C(=O)O)C(=O)O)cc2o1. The second kappa shape index (κ2) is 4.74. The highest BCUT2D eigenvalue weighted by Crippen LogP contribution is 2.27. The van der Waals surface area contributed by atoms with Gasteiger partial charge in [-0.2, -0.15) is 0 Å². The third kappa shape index (κ3) is 2.43. The Labute approximate surface area is 111 Å². The van der Waals surface area contributed by atoms with E-state index in [1.54, 1.807) is 13.0 Å². The van der Waals surface area contributed by atoms with Gasteiger partial charge < -0.3 is 14.6 Å². The number of benzene rings is 1. The van der Waals surface area contributed by atoms with Gasteiger partial charge in [0.25, 0.3) is 0 Å². The molecular weight excluding hydrogens is 274 g/mol. The number of carboxylic acid groups (broad SMARTS) is 2. The van der Waals surface area contributed by atoms with E-state index < -0.39 is 17.5 Å². The van der Waals surface area contributed by atoms with Crippen LogP contribution in [-0.2, 0) is 9.59 Å². The molecule has 0 atom stereocenters. The van der Waals surface area contributed by atoms with Gasteiger partial charge in [0.15, 0.2) is 17.0 Å². The van der Waals surface area contributed by atoms with Crippen LogP contribution in [0, 0.1) is 6.92 Å². The predicted molar refractivity (Wildman–Crippen MR) is 66.8 cm³/mol. The van der Waals surface area contributed by atoms with Crippen LogP contribution in [0.25, 0.3) is 16.1 Å². The van der Waals surface area contributed by atoms with Gasteiger partial charge in [0, 0.05) is 6.92 Å². The number of carboxylic acids is 2. The summed E-state index contributed by atoms with van der Waals surface area (Å²) in [6, 6.07) is 4.51. The number of oxazole rings is 1. The van der Waals surface area contributed by atoms with Crippen LogP contribution < -0.4 is 0 Å². The monoisotopic (exact) mass is 281 g/mol. The molecule has 7 heteroatoms. The first-order valence-electron chi connectivity index (χ1n) is 5.14. The molecule has 0 fully saturated rings. The van der Waals surface area contributed by atoms with Crippen LogP contribution in [0.3, 0.4) is 0 Å². The molecule has 1 aromatic carbocycles. The van der Waals surface area contributed by atoms with Crippen LogP contribution in [0.1, 0.15) is 11.5 Å². The van der Waals surface area contributed by atoms with E-state index in [9.17, 15) is 9.59 Å². The van der Waals surface area contributed by atoms with Crippen molar-refractivity contribution in [3.8, 4) is 0 Å². The first-order valence-corrected chi connectivity index (χ1v) is 5.52. The minimum absolute atomic E-state index is 0.241. The number of hydrogen-bond acceptors (Lipinski definition) is 4. The lowest BCUT2D eigenvalue weighted by Crippen LogP contribution is -2.12. The Bertz CT molecular complexity index is 700. The number of rotatable bonds is 3. The molecule has 98 valence electrons. The third-order valence-electron chi connectivity index (χ3n) is 2.40. The van der Waals surface area contributed by atoms with Crippen LogP contribution in [0.2, 0.25) is 0 Å². The molecule has 6 nitrogen and oxygen atoms in total. The Balaban J connectivity index is 2.62. The topological polar surface area (TPSA) is 101 Å². The van der Waals surface area contributed by atoms with Crippen molar-refractivity contribution in [2.45, 2.75) is 6.92 Å². The summed E-state index contributed by atoms with van der Waals surface area (Å²) in [6.45, 7) is 1.66. The fourth-order valence-corrected chi connectivity index (χ4v) is 1.88. The van der Waals surface area contributed by atoms with Gasteiger partial charge >= 0.3 is 11.9 Å². The van der Waals surface area contributed by atoms with Gasteiger partial charge in [-0.3, -0.25) is 0 Å². The molecular formula is C12H8ClNO5. The van der Waals surface area contributed by atoms with Crippen LogP contribution >= 0.6 is 11.6 Å². The smallest absolute Gasteiger partial charge is 0.344 e. The summed E-state index contributed by atoms with van der Waals surface area (Å²) in [6.07, 6.45) is 0. The molecule has 0 aliphatic rings. The summed E-state index contributed by atoms with van der Waals surface area (Å²) in [4.78, 5) is 25.8. The van der Waals surface area contributed by atoms with Crippen molar-refractivity contribution in [1.29, 1.82) is 0 Å². The van der Waals surface area contributed by atoms with E-state index in [1.807, 2.05) is 0 Å². The van der Waals surface area contributed by atoms with Gasteiger partial charge in [-0.25, -0.2) is 14.6 Å². The fourth-order valence-electron chi connectivity index (χ4n) is 1.60. The van der Waals surface area contributed by atoms with Crippen molar-refractivity contribution >= 4 is 39.7 Å². The summed E-state index contributed by atoms with van der Waals surface area (Å²) in [5, 5.41) is 17.3. The molecule has 0 unspecified atom stereocenters. The van der Waals surface area contributed by atoms with E-state index in [0.29, 0.717) is 17.0 Å². The van der Waals surface area contributed by atoms with Gasteiger partial charge in [0.1, 0.15) is 5.52 Å². The molecule has 19 heavy (non-hydrogen) atoms. The highest BCUT2D eigenvalue weighted by Gasteiger charge is 2.22. The highest BCUT2D eigenvalue weighted by atomic mass is 35.5. The van der Waals surface area contributed by atoms with Crippen LogP contribution in [0.5, 0.6) is 0 Å². The first-order chi connectivity index (χ1) is 8.90. The minimum atomic E-state index is -1.61. The molecule has 0 amide bonds. The standard InChI is InChI=1S/C12H8ClNO5/c1-5-14-7-3-2-6(4-8(7)19-5)10(13)9(11(15)16)12(17)18/h2-4H,1H3,(H,15,16)(H,17,18). The van der Waals surface area contributed by atoms with Gasteiger partial charge in [-0.05, 0) is 17.7 Å². The second-order valence-corrected chi connectivity index (χ2v) is 4.09. The van der Waals surface area contributed by atoms with Gasteiger partial charge in [-0.15, -0.1) is 0 Å². The molecule has 0 aliphatic carbocycles. The van der Waals surface area contributed by atoms with E-state index in [-0.39, 0.29) is 10.6 Å². The Morgan fingerprint density at radius 1 is 1.26 bits per heavy atom. The zero-order valence-corrected chi connectivity index (χ0v) is 10.4. The maximum absolute atomic E-state index is 10.9. The van der Waals surface area contributed by atoms with Crippen molar-refractivity contribution in [3.05, 3.63) is 35.2 Å². The lowest BCUT2D eigenvalue weighted by atomic mass is 10.1. The number of aryl methyl sites for hydroxylation is 1. The Hall–Kier alpha value is -2.34. The van der Waals surface area contributed by atoms with E-state index in [0.717, 1.165) is 0 Å². The Kier molecular flexibility index (Phi) is 3.26. The quantitative estimate of drug-likeness (QED) is 0.508. The lowest BCUT2D eigenvalue weighted by molar-refractivity contribution is -0.140. The van der Waals surface area contributed by atoms with Crippen LogP contribution in [0.4, 0.5) is 0 Å².